The van der Waals surface area contributed by atoms with Crippen molar-refractivity contribution in [1.82, 2.24) is 4.31 Å². The van der Waals surface area contributed by atoms with Gasteiger partial charge in [0.05, 0.1) is 30.3 Å². The second-order valence-corrected chi connectivity index (χ2v) is 9.02. The molecule has 0 radical (unpaired) electrons. The van der Waals surface area contributed by atoms with Crippen molar-refractivity contribution in [3.63, 3.8) is 0 Å². The summed E-state index contributed by atoms with van der Waals surface area (Å²) in [5, 5.41) is 12.0. The summed E-state index contributed by atoms with van der Waals surface area (Å²) in [4.78, 5) is 0.244. The number of hydrogen-bond acceptors (Lipinski definition) is 4. The minimum atomic E-state index is -3.71. The summed E-state index contributed by atoms with van der Waals surface area (Å²) in [6, 6.07) is 22.2. The van der Waals surface area contributed by atoms with Crippen molar-refractivity contribution < 1.29 is 18.3 Å². The van der Waals surface area contributed by atoms with Gasteiger partial charge in [-0.1, -0.05) is 60.7 Å². The van der Waals surface area contributed by atoms with Gasteiger partial charge in [0.2, 0.25) is 10.0 Å². The lowest BCUT2D eigenvalue weighted by Crippen LogP contribution is -2.38. The van der Waals surface area contributed by atoms with Crippen LogP contribution in [0.25, 0.3) is 10.8 Å². The molecule has 28 heavy (non-hydrogen) atoms. The monoisotopic (exact) mass is 397 g/mol. The van der Waals surface area contributed by atoms with Crippen LogP contribution in [0, 0.1) is 0 Å². The molecule has 0 amide bonds. The van der Waals surface area contributed by atoms with E-state index in [9.17, 15) is 13.5 Å². The Kier molecular flexibility index (Phi) is 5.46. The molecule has 1 N–H and O–H groups in total. The molecule has 2 atom stereocenters. The summed E-state index contributed by atoms with van der Waals surface area (Å²) in [5.74, 6) is 0. The molecule has 0 aromatic heterocycles. The Morgan fingerprint density at radius 2 is 1.68 bits per heavy atom. The molecule has 0 aliphatic carbocycles. The zero-order valence-electron chi connectivity index (χ0n) is 15.4. The predicted octanol–water partition coefficient (Wildman–Crippen LogP) is 3.18. The molecule has 3 aromatic rings. The Bertz CT molecular complexity index is 1050. The van der Waals surface area contributed by atoms with E-state index in [1.165, 1.54) is 4.31 Å². The molecule has 0 unspecified atom stereocenters. The van der Waals surface area contributed by atoms with Gasteiger partial charge in [0.1, 0.15) is 0 Å². The molecule has 1 aliphatic rings. The Labute approximate surface area is 165 Å². The average Bonchev–Trinajstić information content (AvgIpc) is 3.10. The summed E-state index contributed by atoms with van der Waals surface area (Å²) in [6.45, 7) is 0.755. The summed E-state index contributed by atoms with van der Waals surface area (Å²) in [7, 11) is -3.71. The first-order valence-corrected chi connectivity index (χ1v) is 10.8. The molecule has 1 aliphatic heterocycles. The maximum absolute atomic E-state index is 13.2. The number of aliphatic hydroxyl groups is 1. The zero-order valence-corrected chi connectivity index (χ0v) is 16.3. The van der Waals surface area contributed by atoms with Crippen molar-refractivity contribution in [2.45, 2.75) is 30.1 Å². The number of hydrogen-bond donors (Lipinski definition) is 1. The first-order chi connectivity index (χ1) is 13.5. The van der Waals surface area contributed by atoms with Gasteiger partial charge in [0.15, 0.2) is 0 Å². The van der Waals surface area contributed by atoms with Crippen LogP contribution in [0.5, 0.6) is 0 Å². The summed E-state index contributed by atoms with van der Waals surface area (Å²) >= 11 is 0. The molecule has 1 fully saturated rings. The van der Waals surface area contributed by atoms with Crippen LogP contribution in [0.3, 0.4) is 0 Å². The molecule has 146 valence electrons. The SMILES string of the molecule is O=S(=O)(c1ccc2ccccc2c1)N1C[C@H](O)C[C@H]1COCc1ccccc1. The highest BCUT2D eigenvalue weighted by Gasteiger charge is 2.39. The van der Waals surface area contributed by atoms with E-state index >= 15 is 0 Å². The van der Waals surface area contributed by atoms with E-state index in [1.807, 2.05) is 60.7 Å². The van der Waals surface area contributed by atoms with Crippen molar-refractivity contribution in [1.29, 1.82) is 0 Å². The minimum absolute atomic E-state index is 0.0918. The lowest BCUT2D eigenvalue weighted by Gasteiger charge is -2.24. The predicted molar refractivity (Wildman–Crippen MR) is 108 cm³/mol. The maximum Gasteiger partial charge on any atom is 0.243 e. The van der Waals surface area contributed by atoms with Crippen molar-refractivity contribution in [2.75, 3.05) is 13.2 Å². The van der Waals surface area contributed by atoms with Crippen LogP contribution in [0.4, 0.5) is 0 Å². The Balaban J connectivity index is 1.52. The lowest BCUT2D eigenvalue weighted by molar-refractivity contribution is 0.0858. The van der Waals surface area contributed by atoms with E-state index in [-0.39, 0.29) is 24.1 Å². The standard InChI is InChI=1S/C22H23NO4S/c24-21-13-20(16-27-15-17-6-2-1-3-7-17)23(14-21)28(25,26)22-11-10-18-8-4-5-9-19(18)12-22/h1-12,20-21,24H,13-16H2/t20-,21+/m0/s1. The van der Waals surface area contributed by atoms with Crippen molar-refractivity contribution >= 4 is 20.8 Å². The number of sulfonamides is 1. The molecule has 3 aromatic carbocycles. The molecule has 5 nitrogen and oxygen atoms in total. The molecular weight excluding hydrogens is 374 g/mol. The topological polar surface area (TPSA) is 66.8 Å². The molecule has 1 saturated heterocycles. The van der Waals surface area contributed by atoms with Gasteiger partial charge in [-0.25, -0.2) is 8.42 Å². The Hall–Kier alpha value is -2.25. The van der Waals surface area contributed by atoms with E-state index in [2.05, 4.69) is 0 Å². The highest BCUT2D eigenvalue weighted by molar-refractivity contribution is 7.89. The molecule has 0 bridgehead atoms. The molecule has 0 saturated carbocycles. The highest BCUT2D eigenvalue weighted by Crippen LogP contribution is 2.28. The summed E-state index contributed by atoms with van der Waals surface area (Å²) < 4.78 is 33.6. The van der Waals surface area contributed by atoms with Crippen molar-refractivity contribution in [2.24, 2.45) is 0 Å². The maximum atomic E-state index is 13.2. The number of fused-ring (bicyclic) bond motifs is 1. The number of β-amino-alcohol motifs (C(OH)–C–C–N with tert-alkyl or cyclic N) is 1. The number of nitrogens with zero attached hydrogens (tertiary/aromatic N) is 1. The third-order valence-electron chi connectivity index (χ3n) is 5.09. The van der Waals surface area contributed by atoms with E-state index in [4.69, 9.17) is 4.74 Å². The fraction of sp³-hybridized carbons (Fsp3) is 0.273. The fourth-order valence-electron chi connectivity index (χ4n) is 3.66. The average molecular weight is 397 g/mol. The molecule has 0 spiro atoms. The number of ether oxygens (including phenoxy) is 1. The van der Waals surface area contributed by atoms with Crippen LogP contribution in [-0.4, -0.2) is 43.1 Å². The highest BCUT2D eigenvalue weighted by atomic mass is 32.2. The Morgan fingerprint density at radius 1 is 0.964 bits per heavy atom. The van der Waals surface area contributed by atoms with Crippen LogP contribution >= 0.6 is 0 Å². The van der Waals surface area contributed by atoms with Gasteiger partial charge < -0.3 is 9.84 Å². The molecule has 1 heterocycles. The van der Waals surface area contributed by atoms with Crippen LogP contribution in [0.15, 0.2) is 77.7 Å². The van der Waals surface area contributed by atoms with Crippen LogP contribution in [0.1, 0.15) is 12.0 Å². The van der Waals surface area contributed by atoms with E-state index in [0.717, 1.165) is 16.3 Å². The van der Waals surface area contributed by atoms with Crippen LogP contribution in [0.2, 0.25) is 0 Å². The normalized spacial score (nSPS) is 20.6. The van der Waals surface area contributed by atoms with Gasteiger partial charge in [-0.3, -0.25) is 0 Å². The molecular formula is C22H23NO4S. The Morgan fingerprint density at radius 3 is 2.46 bits per heavy atom. The third kappa shape index (κ3) is 3.95. The van der Waals surface area contributed by atoms with Crippen molar-refractivity contribution in [3.8, 4) is 0 Å². The van der Waals surface area contributed by atoms with E-state index in [0.29, 0.717) is 13.0 Å². The molecule has 6 heteroatoms. The first kappa shape index (κ1) is 19.1. The number of rotatable bonds is 6. The summed E-state index contributed by atoms with van der Waals surface area (Å²) in [6.07, 6.45) is -0.303. The van der Waals surface area contributed by atoms with Gasteiger partial charge >= 0.3 is 0 Å². The zero-order chi connectivity index (χ0) is 19.6. The summed E-state index contributed by atoms with van der Waals surface area (Å²) in [5.41, 5.74) is 1.03. The fourth-order valence-corrected chi connectivity index (χ4v) is 5.35. The lowest BCUT2D eigenvalue weighted by atomic mass is 10.1. The van der Waals surface area contributed by atoms with Gasteiger partial charge in [0, 0.05) is 6.54 Å². The smallest absolute Gasteiger partial charge is 0.243 e. The van der Waals surface area contributed by atoms with Crippen LogP contribution in [-0.2, 0) is 21.4 Å². The number of aliphatic hydroxyl groups excluding tert-OH is 1. The van der Waals surface area contributed by atoms with Gasteiger partial charge in [0.25, 0.3) is 0 Å². The first-order valence-electron chi connectivity index (χ1n) is 9.34. The minimum Gasteiger partial charge on any atom is -0.392 e. The van der Waals surface area contributed by atoms with E-state index in [1.54, 1.807) is 12.1 Å². The largest absolute Gasteiger partial charge is 0.392 e. The van der Waals surface area contributed by atoms with E-state index < -0.39 is 16.1 Å². The second-order valence-electron chi connectivity index (χ2n) is 7.13. The molecule has 4 rings (SSSR count). The van der Waals surface area contributed by atoms with Gasteiger partial charge in [-0.2, -0.15) is 4.31 Å². The van der Waals surface area contributed by atoms with Crippen molar-refractivity contribution in [3.05, 3.63) is 78.4 Å². The van der Waals surface area contributed by atoms with Gasteiger partial charge in [-0.15, -0.1) is 0 Å². The van der Waals surface area contributed by atoms with Crippen LogP contribution < -0.4 is 0 Å². The number of benzene rings is 3. The van der Waals surface area contributed by atoms with Gasteiger partial charge in [-0.05, 0) is 34.9 Å². The third-order valence-corrected chi connectivity index (χ3v) is 7.01. The quantitative estimate of drug-likeness (QED) is 0.694. The second kappa shape index (κ2) is 8.01.